The van der Waals surface area contributed by atoms with Gasteiger partial charge in [-0.1, -0.05) is 0 Å². The number of nitro groups is 1. The van der Waals surface area contributed by atoms with E-state index in [4.69, 9.17) is 0 Å². The largest absolute Gasteiger partial charge is 0.323 e. The summed E-state index contributed by atoms with van der Waals surface area (Å²) >= 11 is 0. The lowest BCUT2D eigenvalue weighted by Gasteiger charge is -2.10. The molecule has 1 aromatic rings. The average Bonchev–Trinajstić information content (AvgIpc) is 2.84. The van der Waals surface area contributed by atoms with Gasteiger partial charge in [0.2, 0.25) is 11.7 Å². The number of amides is 1. The fourth-order valence-corrected chi connectivity index (χ4v) is 2.13. The van der Waals surface area contributed by atoms with Crippen molar-refractivity contribution >= 4 is 17.3 Å². The maximum absolute atomic E-state index is 13.5. The van der Waals surface area contributed by atoms with E-state index in [9.17, 15) is 23.7 Å². The van der Waals surface area contributed by atoms with E-state index in [1.807, 2.05) is 0 Å². The molecule has 0 radical (unpaired) electrons. The molecule has 0 bridgehead atoms. The van der Waals surface area contributed by atoms with E-state index in [-0.39, 0.29) is 18.0 Å². The van der Waals surface area contributed by atoms with Crippen LogP contribution in [0.25, 0.3) is 0 Å². The highest BCUT2D eigenvalue weighted by Crippen LogP contribution is 2.25. The summed E-state index contributed by atoms with van der Waals surface area (Å²) in [6, 6.07) is 1.08. The lowest BCUT2D eigenvalue weighted by molar-refractivity contribution is -0.387. The van der Waals surface area contributed by atoms with Gasteiger partial charge >= 0.3 is 5.69 Å². The third-order valence-corrected chi connectivity index (χ3v) is 3.14. The van der Waals surface area contributed by atoms with Gasteiger partial charge in [0, 0.05) is 18.6 Å². The van der Waals surface area contributed by atoms with Crippen molar-refractivity contribution in [2.45, 2.75) is 12.8 Å². The fraction of sp³-hybridized carbons (Fsp3) is 0.417. The Balaban J connectivity index is 2.09. The third-order valence-electron chi connectivity index (χ3n) is 3.14. The van der Waals surface area contributed by atoms with Gasteiger partial charge in [-0.15, -0.1) is 0 Å². The first-order valence-corrected chi connectivity index (χ1v) is 6.11. The molecule has 6 nitrogen and oxygen atoms in total. The number of nitro benzene ring substituents is 1. The summed E-state index contributed by atoms with van der Waals surface area (Å²) in [6.45, 7) is 1.54. The van der Waals surface area contributed by atoms with Crippen molar-refractivity contribution in [2.75, 3.05) is 18.4 Å². The molecule has 1 atom stereocenters. The minimum Gasteiger partial charge on any atom is -0.323 e. The molecular formula is C12H13F2N3O3. The number of rotatable bonds is 4. The third kappa shape index (κ3) is 3.27. The summed E-state index contributed by atoms with van der Waals surface area (Å²) in [4.78, 5) is 21.3. The molecule has 1 heterocycles. The van der Waals surface area contributed by atoms with Crippen LogP contribution in [0.2, 0.25) is 0 Å². The van der Waals surface area contributed by atoms with E-state index in [1.165, 1.54) is 0 Å². The van der Waals surface area contributed by atoms with Gasteiger partial charge < -0.3 is 10.6 Å². The van der Waals surface area contributed by atoms with Crippen LogP contribution in [0.1, 0.15) is 12.8 Å². The standard InChI is InChI=1S/C12H13F2N3O3/c13-8-4-9(14)11(17(19)20)5-10(8)16-12(18)3-7-1-2-15-6-7/h4-5,7,15H,1-3,6H2,(H,16,18). The second-order valence-electron chi connectivity index (χ2n) is 4.65. The minimum absolute atomic E-state index is 0.161. The predicted molar refractivity (Wildman–Crippen MR) is 67.2 cm³/mol. The van der Waals surface area contributed by atoms with Crippen molar-refractivity contribution in [1.29, 1.82) is 0 Å². The van der Waals surface area contributed by atoms with Crippen molar-refractivity contribution in [3.05, 3.63) is 33.9 Å². The van der Waals surface area contributed by atoms with E-state index < -0.39 is 28.2 Å². The predicted octanol–water partition coefficient (Wildman–Crippen LogP) is 1.81. The summed E-state index contributed by atoms with van der Waals surface area (Å²) < 4.78 is 26.6. The van der Waals surface area contributed by atoms with Crippen molar-refractivity contribution in [2.24, 2.45) is 5.92 Å². The van der Waals surface area contributed by atoms with Gasteiger partial charge in [-0.05, 0) is 25.4 Å². The lowest BCUT2D eigenvalue weighted by Crippen LogP contribution is -2.19. The number of halogens is 2. The number of carbonyl (C=O) groups is 1. The maximum Gasteiger partial charge on any atom is 0.307 e. The van der Waals surface area contributed by atoms with Crippen LogP contribution < -0.4 is 10.6 Å². The minimum atomic E-state index is -1.27. The summed E-state index contributed by atoms with van der Waals surface area (Å²) in [7, 11) is 0. The first-order valence-electron chi connectivity index (χ1n) is 6.11. The van der Waals surface area contributed by atoms with E-state index in [0.29, 0.717) is 18.7 Å². The Labute approximate surface area is 113 Å². The number of carbonyl (C=O) groups excluding carboxylic acids is 1. The number of nitrogens with one attached hydrogen (secondary N) is 2. The molecule has 8 heteroatoms. The van der Waals surface area contributed by atoms with E-state index in [2.05, 4.69) is 10.6 Å². The van der Waals surface area contributed by atoms with E-state index in [1.54, 1.807) is 0 Å². The van der Waals surface area contributed by atoms with Crippen LogP contribution in [0.3, 0.4) is 0 Å². The summed E-state index contributed by atoms with van der Waals surface area (Å²) in [5.41, 5.74) is -1.25. The zero-order valence-corrected chi connectivity index (χ0v) is 10.5. The van der Waals surface area contributed by atoms with Crippen LogP contribution >= 0.6 is 0 Å². The number of hydrogen-bond acceptors (Lipinski definition) is 4. The Morgan fingerprint density at radius 1 is 1.45 bits per heavy atom. The zero-order valence-electron chi connectivity index (χ0n) is 10.5. The van der Waals surface area contributed by atoms with E-state index in [0.717, 1.165) is 13.0 Å². The number of benzene rings is 1. The molecule has 108 valence electrons. The molecule has 1 aromatic carbocycles. The number of nitrogens with zero attached hydrogens (tertiary/aromatic N) is 1. The Morgan fingerprint density at radius 3 is 2.80 bits per heavy atom. The molecule has 1 aliphatic heterocycles. The second-order valence-corrected chi connectivity index (χ2v) is 4.65. The van der Waals surface area contributed by atoms with E-state index >= 15 is 0 Å². The highest BCUT2D eigenvalue weighted by Gasteiger charge is 2.22. The normalized spacial score (nSPS) is 18.0. The smallest absolute Gasteiger partial charge is 0.307 e. The molecule has 2 N–H and O–H groups in total. The quantitative estimate of drug-likeness (QED) is 0.652. The Hall–Kier alpha value is -2.09. The van der Waals surface area contributed by atoms with Crippen molar-refractivity contribution in [3.63, 3.8) is 0 Å². The molecule has 1 fully saturated rings. The molecule has 1 amide bonds. The summed E-state index contributed by atoms with van der Waals surface area (Å²) in [6.07, 6.45) is 1.04. The Morgan fingerprint density at radius 2 is 2.20 bits per heavy atom. The summed E-state index contributed by atoms with van der Waals surface area (Å²) in [5.74, 6) is -2.59. The molecule has 20 heavy (non-hydrogen) atoms. The number of hydrogen-bond donors (Lipinski definition) is 2. The maximum atomic E-state index is 13.5. The van der Waals surface area contributed by atoms with Gasteiger partial charge in [0.15, 0.2) is 0 Å². The van der Waals surface area contributed by atoms with Crippen molar-refractivity contribution in [1.82, 2.24) is 5.32 Å². The first-order chi connectivity index (χ1) is 9.47. The highest BCUT2D eigenvalue weighted by atomic mass is 19.1. The Kier molecular flexibility index (Phi) is 4.23. The monoisotopic (exact) mass is 285 g/mol. The molecule has 0 aromatic heterocycles. The highest BCUT2D eigenvalue weighted by molar-refractivity contribution is 5.91. The average molecular weight is 285 g/mol. The van der Waals surface area contributed by atoms with Crippen molar-refractivity contribution < 1.29 is 18.5 Å². The van der Waals surface area contributed by atoms with Gasteiger partial charge in [-0.2, -0.15) is 4.39 Å². The van der Waals surface area contributed by atoms with Crippen LogP contribution in [0.5, 0.6) is 0 Å². The van der Waals surface area contributed by atoms with Gasteiger partial charge in [-0.25, -0.2) is 4.39 Å². The first kappa shape index (κ1) is 14.3. The SMILES string of the molecule is O=C(CC1CCNC1)Nc1cc([N+](=O)[O-])c(F)cc1F. The molecule has 1 unspecified atom stereocenters. The molecular weight excluding hydrogens is 272 g/mol. The second kappa shape index (κ2) is 5.91. The fourth-order valence-electron chi connectivity index (χ4n) is 2.13. The van der Waals surface area contributed by atoms with Crippen LogP contribution in [0.15, 0.2) is 12.1 Å². The van der Waals surface area contributed by atoms with Gasteiger partial charge in [0.05, 0.1) is 10.6 Å². The van der Waals surface area contributed by atoms with Crippen molar-refractivity contribution in [3.8, 4) is 0 Å². The molecule has 2 rings (SSSR count). The van der Waals surface area contributed by atoms with Crippen LogP contribution in [-0.2, 0) is 4.79 Å². The zero-order chi connectivity index (χ0) is 14.7. The number of anilines is 1. The topological polar surface area (TPSA) is 84.3 Å². The molecule has 1 aliphatic rings. The van der Waals surface area contributed by atoms with Crippen LogP contribution in [-0.4, -0.2) is 23.9 Å². The molecule has 0 saturated carbocycles. The van der Waals surface area contributed by atoms with Gasteiger partial charge in [0.1, 0.15) is 5.82 Å². The molecule has 1 saturated heterocycles. The molecule has 0 aliphatic carbocycles. The Bertz CT molecular complexity index is 545. The van der Waals surface area contributed by atoms with Gasteiger partial charge in [-0.3, -0.25) is 14.9 Å². The summed E-state index contributed by atoms with van der Waals surface area (Å²) in [5, 5.41) is 15.9. The van der Waals surface area contributed by atoms with Gasteiger partial charge in [0.25, 0.3) is 0 Å². The van der Waals surface area contributed by atoms with Crippen LogP contribution in [0.4, 0.5) is 20.2 Å². The molecule has 0 spiro atoms. The lowest BCUT2D eigenvalue weighted by atomic mass is 10.0. The van der Waals surface area contributed by atoms with Crippen LogP contribution in [0, 0.1) is 27.7 Å².